The maximum Gasteiger partial charge on any atom is 0.163 e. The van der Waals surface area contributed by atoms with Crippen molar-refractivity contribution in [2.45, 2.75) is 13.8 Å². The summed E-state index contributed by atoms with van der Waals surface area (Å²) >= 11 is 0. The molecule has 0 saturated carbocycles. The highest BCUT2D eigenvalue weighted by Crippen LogP contribution is 2.15. The zero-order valence-electron chi connectivity index (χ0n) is 11.0. The number of imidazole rings is 1. The summed E-state index contributed by atoms with van der Waals surface area (Å²) < 4.78 is 2.08. The number of benzene rings is 1. The molecule has 0 saturated heterocycles. The van der Waals surface area contributed by atoms with Crippen LogP contribution in [-0.4, -0.2) is 14.4 Å². The maximum absolute atomic E-state index is 4.57. The number of hydrogen-bond acceptors (Lipinski definition) is 2. The second-order valence-electron chi connectivity index (χ2n) is 4.53. The highest BCUT2D eigenvalue weighted by atomic mass is 15.0. The van der Waals surface area contributed by atoms with Gasteiger partial charge in [0.15, 0.2) is 5.65 Å². The van der Waals surface area contributed by atoms with Gasteiger partial charge in [0.25, 0.3) is 0 Å². The van der Waals surface area contributed by atoms with Gasteiger partial charge in [-0.3, -0.25) is 4.98 Å². The van der Waals surface area contributed by atoms with Crippen LogP contribution >= 0.6 is 0 Å². The van der Waals surface area contributed by atoms with E-state index >= 15 is 0 Å². The number of aryl methyl sites for hydroxylation is 2. The highest BCUT2D eigenvalue weighted by Gasteiger charge is 2.07. The van der Waals surface area contributed by atoms with Crippen LogP contribution in [0, 0.1) is 13.8 Å². The first-order valence-electron chi connectivity index (χ1n) is 6.29. The molecule has 0 N–H and O–H groups in total. The predicted octanol–water partition coefficient (Wildman–Crippen LogP) is 3.52. The molecule has 0 aliphatic carbocycles. The smallest absolute Gasteiger partial charge is 0.163 e. The van der Waals surface area contributed by atoms with E-state index in [9.17, 15) is 0 Å². The Morgan fingerprint density at radius 3 is 2.63 bits per heavy atom. The third kappa shape index (κ3) is 2.15. The summed E-state index contributed by atoms with van der Waals surface area (Å²) in [6.45, 7) is 4.09. The van der Waals surface area contributed by atoms with Crippen LogP contribution < -0.4 is 0 Å². The Morgan fingerprint density at radius 1 is 1.05 bits per heavy atom. The molecular weight excluding hydrogens is 234 g/mol. The molecule has 1 aromatic carbocycles. The molecule has 0 atom stereocenters. The normalized spacial score (nSPS) is 11.5. The Balaban J connectivity index is 2.06. The monoisotopic (exact) mass is 249 g/mol. The van der Waals surface area contributed by atoms with E-state index in [1.807, 2.05) is 43.6 Å². The minimum absolute atomic E-state index is 0.891. The van der Waals surface area contributed by atoms with Crippen LogP contribution in [0.1, 0.15) is 22.6 Å². The lowest BCUT2D eigenvalue weighted by Crippen LogP contribution is -1.92. The summed E-state index contributed by atoms with van der Waals surface area (Å²) in [6.07, 6.45) is 7.83. The van der Waals surface area contributed by atoms with Crippen molar-refractivity contribution in [3.8, 4) is 0 Å². The van der Waals surface area contributed by atoms with Crippen molar-refractivity contribution in [2.75, 3.05) is 0 Å². The largest absolute Gasteiger partial charge is 0.301 e. The van der Waals surface area contributed by atoms with E-state index in [1.54, 1.807) is 0 Å². The Hall–Kier alpha value is -2.42. The van der Waals surface area contributed by atoms with Crippen molar-refractivity contribution in [1.82, 2.24) is 14.4 Å². The first-order valence-corrected chi connectivity index (χ1v) is 6.29. The van der Waals surface area contributed by atoms with Crippen LogP contribution in [0.3, 0.4) is 0 Å². The Morgan fingerprint density at radius 2 is 1.84 bits per heavy atom. The van der Waals surface area contributed by atoms with E-state index < -0.39 is 0 Å². The van der Waals surface area contributed by atoms with E-state index in [0.29, 0.717) is 0 Å². The van der Waals surface area contributed by atoms with Gasteiger partial charge < -0.3 is 4.40 Å². The third-order valence-corrected chi connectivity index (χ3v) is 3.28. The average Bonchev–Trinajstić information content (AvgIpc) is 2.74. The van der Waals surface area contributed by atoms with E-state index in [-0.39, 0.29) is 0 Å². The van der Waals surface area contributed by atoms with Crippen molar-refractivity contribution in [3.05, 3.63) is 65.4 Å². The standard InChI is InChI=1S/C16H15N3/c1-12-13(2)19-11-10-17-15(16(19)18-12)9-8-14-6-4-3-5-7-14/h3-11H,1-2H3. The lowest BCUT2D eigenvalue weighted by atomic mass is 10.2. The van der Waals surface area contributed by atoms with Crippen molar-refractivity contribution >= 4 is 17.8 Å². The number of nitrogens with zero attached hydrogens (tertiary/aromatic N) is 3. The zero-order chi connectivity index (χ0) is 13.2. The van der Waals surface area contributed by atoms with Crippen LogP contribution in [0.2, 0.25) is 0 Å². The Labute approximate surface area is 112 Å². The van der Waals surface area contributed by atoms with Crippen LogP contribution in [0.4, 0.5) is 0 Å². The number of hydrogen-bond donors (Lipinski definition) is 0. The fourth-order valence-electron chi connectivity index (χ4n) is 2.08. The van der Waals surface area contributed by atoms with Gasteiger partial charge >= 0.3 is 0 Å². The van der Waals surface area contributed by atoms with Crippen LogP contribution in [0.5, 0.6) is 0 Å². The molecule has 0 spiro atoms. The first-order chi connectivity index (χ1) is 9.25. The summed E-state index contributed by atoms with van der Waals surface area (Å²) in [5.41, 5.74) is 5.16. The molecule has 0 fully saturated rings. The molecule has 3 heteroatoms. The second-order valence-corrected chi connectivity index (χ2v) is 4.53. The topological polar surface area (TPSA) is 30.2 Å². The van der Waals surface area contributed by atoms with E-state index in [4.69, 9.17) is 0 Å². The predicted molar refractivity (Wildman–Crippen MR) is 77.8 cm³/mol. The van der Waals surface area contributed by atoms with Gasteiger partial charge in [-0.15, -0.1) is 0 Å². The third-order valence-electron chi connectivity index (χ3n) is 3.28. The quantitative estimate of drug-likeness (QED) is 0.695. The van der Waals surface area contributed by atoms with Crippen LogP contribution in [0.25, 0.3) is 17.8 Å². The van der Waals surface area contributed by atoms with Gasteiger partial charge in [0, 0.05) is 18.1 Å². The number of aromatic nitrogens is 3. The molecule has 0 aliphatic heterocycles. The summed E-state index contributed by atoms with van der Waals surface area (Å²) in [4.78, 5) is 8.98. The molecule has 0 bridgehead atoms. The van der Waals surface area contributed by atoms with Gasteiger partial charge in [-0.05, 0) is 25.5 Å². The summed E-state index contributed by atoms with van der Waals surface area (Å²) in [5, 5.41) is 0. The van der Waals surface area contributed by atoms with Gasteiger partial charge in [-0.1, -0.05) is 36.4 Å². The molecule has 0 amide bonds. The summed E-state index contributed by atoms with van der Waals surface area (Å²) in [6, 6.07) is 10.2. The highest BCUT2D eigenvalue weighted by molar-refractivity contribution is 5.74. The zero-order valence-corrected chi connectivity index (χ0v) is 11.0. The molecule has 3 nitrogen and oxygen atoms in total. The molecule has 94 valence electrons. The molecule has 0 unspecified atom stereocenters. The Kier molecular flexibility index (Phi) is 2.88. The molecule has 3 aromatic rings. The summed E-state index contributed by atoms with van der Waals surface area (Å²) in [7, 11) is 0. The van der Waals surface area contributed by atoms with Gasteiger partial charge in [0.1, 0.15) is 5.69 Å². The van der Waals surface area contributed by atoms with Crippen molar-refractivity contribution in [2.24, 2.45) is 0 Å². The van der Waals surface area contributed by atoms with Crippen molar-refractivity contribution in [1.29, 1.82) is 0 Å². The SMILES string of the molecule is Cc1nc2c(C=Cc3ccccc3)nccn2c1C. The van der Waals surface area contributed by atoms with E-state index in [0.717, 1.165) is 28.3 Å². The van der Waals surface area contributed by atoms with Gasteiger partial charge in [0.05, 0.1) is 5.69 Å². The molecule has 19 heavy (non-hydrogen) atoms. The van der Waals surface area contributed by atoms with Crippen LogP contribution in [0.15, 0.2) is 42.7 Å². The molecule has 0 aliphatic rings. The van der Waals surface area contributed by atoms with E-state index in [2.05, 4.69) is 39.5 Å². The average molecular weight is 249 g/mol. The van der Waals surface area contributed by atoms with Crippen molar-refractivity contribution in [3.63, 3.8) is 0 Å². The maximum atomic E-state index is 4.57. The fraction of sp³-hybridized carbons (Fsp3) is 0.125. The molecule has 0 radical (unpaired) electrons. The van der Waals surface area contributed by atoms with Crippen molar-refractivity contribution < 1.29 is 0 Å². The second kappa shape index (κ2) is 4.69. The molecule has 2 heterocycles. The molecule has 2 aromatic heterocycles. The molecule has 3 rings (SSSR count). The van der Waals surface area contributed by atoms with Crippen LogP contribution in [-0.2, 0) is 0 Å². The minimum atomic E-state index is 0.891. The first kappa shape index (κ1) is 11.7. The molecular formula is C16H15N3. The van der Waals surface area contributed by atoms with Gasteiger partial charge in [-0.25, -0.2) is 4.98 Å². The number of fused-ring (bicyclic) bond motifs is 1. The lowest BCUT2D eigenvalue weighted by Gasteiger charge is -1.98. The summed E-state index contributed by atoms with van der Waals surface area (Å²) in [5.74, 6) is 0. The Bertz CT molecular complexity index is 739. The van der Waals surface area contributed by atoms with E-state index in [1.165, 1.54) is 0 Å². The van der Waals surface area contributed by atoms with Gasteiger partial charge in [0.2, 0.25) is 0 Å². The lowest BCUT2D eigenvalue weighted by molar-refractivity contribution is 1.06. The van der Waals surface area contributed by atoms with Gasteiger partial charge in [-0.2, -0.15) is 0 Å². The minimum Gasteiger partial charge on any atom is -0.301 e. The fourth-order valence-corrected chi connectivity index (χ4v) is 2.08. The number of rotatable bonds is 2.